The van der Waals surface area contributed by atoms with Gasteiger partial charge in [-0.15, -0.1) is 0 Å². The molecule has 20 heavy (non-hydrogen) atoms. The third-order valence-corrected chi connectivity index (χ3v) is 4.97. The fourth-order valence-electron chi connectivity index (χ4n) is 1.84. The average molecular weight is 296 g/mol. The molecule has 0 radical (unpaired) electrons. The number of carbonyl (C=O) groups is 1. The van der Waals surface area contributed by atoms with Crippen LogP contribution in [0.15, 0.2) is 23.1 Å². The molecule has 0 aliphatic carbocycles. The molecule has 6 nitrogen and oxygen atoms in total. The summed E-state index contributed by atoms with van der Waals surface area (Å²) in [7, 11) is -2.66. The van der Waals surface area contributed by atoms with Crippen LogP contribution < -0.4 is 0 Å². The number of aliphatic carboxylic acids is 1. The second-order valence-electron chi connectivity index (χ2n) is 4.37. The number of aryl methyl sites for hydroxylation is 1. The molecular weight excluding hydrogens is 280 g/mol. The number of rotatable bonds is 5. The molecule has 7 heteroatoms. The minimum absolute atomic E-state index is 0.0174. The van der Waals surface area contributed by atoms with Gasteiger partial charge in [0, 0.05) is 7.05 Å². The maximum atomic E-state index is 12.4. The van der Waals surface area contributed by atoms with Gasteiger partial charge < -0.3 is 5.11 Å². The Labute approximate surface area is 118 Å². The molecule has 0 fully saturated rings. The van der Waals surface area contributed by atoms with E-state index in [0.29, 0.717) is 11.1 Å². The summed E-state index contributed by atoms with van der Waals surface area (Å²) in [5.41, 5.74) is 0.919. The molecule has 0 saturated heterocycles. The average Bonchev–Trinajstić information content (AvgIpc) is 2.38. The summed E-state index contributed by atoms with van der Waals surface area (Å²) in [5.74, 6) is -1.19. The van der Waals surface area contributed by atoms with E-state index in [9.17, 15) is 13.2 Å². The van der Waals surface area contributed by atoms with Crippen molar-refractivity contribution in [3.63, 3.8) is 0 Å². The van der Waals surface area contributed by atoms with Crippen LogP contribution in [-0.2, 0) is 14.8 Å². The Morgan fingerprint density at radius 1 is 1.50 bits per heavy atom. The monoisotopic (exact) mass is 296 g/mol. The molecule has 1 unspecified atom stereocenters. The summed E-state index contributed by atoms with van der Waals surface area (Å²) in [4.78, 5) is 11.1. The predicted octanol–water partition coefficient (Wildman–Crippen LogP) is 1.35. The normalized spacial score (nSPS) is 12.9. The Morgan fingerprint density at radius 2 is 2.10 bits per heavy atom. The van der Waals surface area contributed by atoms with E-state index >= 15 is 0 Å². The Kier molecular flexibility index (Phi) is 4.87. The van der Waals surface area contributed by atoms with E-state index in [-0.39, 0.29) is 11.3 Å². The zero-order valence-corrected chi connectivity index (χ0v) is 12.3. The lowest BCUT2D eigenvalue weighted by molar-refractivity contribution is -0.141. The minimum atomic E-state index is -3.90. The molecule has 0 saturated carbocycles. The zero-order chi connectivity index (χ0) is 15.5. The van der Waals surface area contributed by atoms with E-state index in [4.69, 9.17) is 10.4 Å². The number of carboxylic acid groups (broad SMARTS) is 1. The predicted molar refractivity (Wildman–Crippen MR) is 72.6 cm³/mol. The largest absolute Gasteiger partial charge is 0.480 e. The molecule has 0 aromatic heterocycles. The highest BCUT2D eigenvalue weighted by Gasteiger charge is 2.31. The molecule has 108 valence electrons. The van der Waals surface area contributed by atoms with Crippen LogP contribution in [0.1, 0.15) is 24.5 Å². The van der Waals surface area contributed by atoms with E-state index in [1.165, 1.54) is 25.2 Å². The van der Waals surface area contributed by atoms with Gasteiger partial charge in [-0.2, -0.15) is 9.57 Å². The van der Waals surface area contributed by atoms with Gasteiger partial charge in [0.1, 0.15) is 6.04 Å². The fraction of sp³-hybridized carbons (Fsp3) is 0.385. The summed E-state index contributed by atoms with van der Waals surface area (Å²) in [6.07, 6.45) is 0.167. The van der Waals surface area contributed by atoms with Gasteiger partial charge in [-0.1, -0.05) is 6.92 Å². The van der Waals surface area contributed by atoms with Crippen LogP contribution >= 0.6 is 0 Å². The Hall–Kier alpha value is -1.91. The molecule has 1 aromatic carbocycles. The maximum absolute atomic E-state index is 12.4. The van der Waals surface area contributed by atoms with Crippen LogP contribution in [0.5, 0.6) is 0 Å². The van der Waals surface area contributed by atoms with Gasteiger partial charge in [0.25, 0.3) is 0 Å². The molecule has 0 amide bonds. The summed E-state index contributed by atoms with van der Waals surface area (Å²) in [6.45, 7) is 3.24. The number of hydrogen-bond acceptors (Lipinski definition) is 4. The second-order valence-corrected chi connectivity index (χ2v) is 6.37. The number of sulfonamides is 1. The fourth-order valence-corrected chi connectivity index (χ4v) is 3.32. The van der Waals surface area contributed by atoms with Crippen molar-refractivity contribution in [2.45, 2.75) is 31.2 Å². The number of likely N-dealkylation sites (N-methyl/N-ethyl adjacent to an activating group) is 1. The first-order valence-electron chi connectivity index (χ1n) is 5.97. The molecule has 0 aliphatic heterocycles. The highest BCUT2D eigenvalue weighted by molar-refractivity contribution is 7.89. The van der Waals surface area contributed by atoms with Crippen molar-refractivity contribution in [2.24, 2.45) is 0 Å². The minimum Gasteiger partial charge on any atom is -0.480 e. The highest BCUT2D eigenvalue weighted by atomic mass is 32.2. The van der Waals surface area contributed by atoms with Crippen molar-refractivity contribution in [2.75, 3.05) is 7.05 Å². The van der Waals surface area contributed by atoms with E-state index in [1.54, 1.807) is 13.8 Å². The van der Waals surface area contributed by atoms with Crippen LogP contribution in [0.2, 0.25) is 0 Å². The number of nitriles is 1. The highest BCUT2D eigenvalue weighted by Crippen LogP contribution is 2.20. The molecule has 0 heterocycles. The van der Waals surface area contributed by atoms with E-state index in [0.717, 1.165) is 4.31 Å². The standard InChI is InChI=1S/C13H16N2O4S/c1-4-12(13(16)17)15(3)20(18,19)11-6-5-10(8-14)9(2)7-11/h5-7,12H,4H2,1-3H3,(H,16,17). The van der Waals surface area contributed by atoms with E-state index in [2.05, 4.69) is 0 Å². The molecule has 1 aromatic rings. The van der Waals surface area contributed by atoms with Crippen molar-refractivity contribution in [3.8, 4) is 6.07 Å². The molecular formula is C13H16N2O4S. The number of nitrogens with zero attached hydrogens (tertiary/aromatic N) is 2. The first-order valence-corrected chi connectivity index (χ1v) is 7.41. The van der Waals surface area contributed by atoms with E-state index in [1.807, 2.05) is 6.07 Å². The molecule has 0 aliphatic rings. The molecule has 1 rings (SSSR count). The third kappa shape index (κ3) is 2.98. The zero-order valence-electron chi connectivity index (χ0n) is 11.5. The third-order valence-electron chi connectivity index (χ3n) is 3.11. The van der Waals surface area contributed by atoms with Gasteiger partial charge in [0.05, 0.1) is 16.5 Å². The summed E-state index contributed by atoms with van der Waals surface area (Å²) in [6, 6.07) is 4.94. The molecule has 0 spiro atoms. The van der Waals surface area contributed by atoms with Crippen LogP contribution in [-0.4, -0.2) is 36.9 Å². The van der Waals surface area contributed by atoms with Crippen molar-refractivity contribution < 1.29 is 18.3 Å². The Balaban J connectivity index is 3.27. The van der Waals surface area contributed by atoms with E-state index < -0.39 is 22.0 Å². The molecule has 0 bridgehead atoms. The second kappa shape index (κ2) is 6.03. The maximum Gasteiger partial charge on any atom is 0.321 e. The molecule has 1 atom stereocenters. The summed E-state index contributed by atoms with van der Waals surface area (Å²) >= 11 is 0. The molecule has 1 N–H and O–H groups in total. The van der Waals surface area contributed by atoms with Gasteiger partial charge >= 0.3 is 5.97 Å². The van der Waals surface area contributed by atoms with Crippen LogP contribution in [0.3, 0.4) is 0 Å². The lowest BCUT2D eigenvalue weighted by Gasteiger charge is -2.23. The van der Waals surface area contributed by atoms with Gasteiger partial charge in [0.15, 0.2) is 0 Å². The van der Waals surface area contributed by atoms with Crippen molar-refractivity contribution in [1.29, 1.82) is 5.26 Å². The van der Waals surface area contributed by atoms with Crippen molar-refractivity contribution >= 4 is 16.0 Å². The smallest absolute Gasteiger partial charge is 0.321 e. The van der Waals surface area contributed by atoms with Gasteiger partial charge in [-0.3, -0.25) is 4.79 Å². The first-order chi connectivity index (χ1) is 9.25. The number of carboxylic acids is 1. The van der Waals surface area contributed by atoms with Crippen LogP contribution in [0, 0.1) is 18.3 Å². The lowest BCUT2D eigenvalue weighted by Crippen LogP contribution is -2.41. The summed E-state index contributed by atoms with van der Waals surface area (Å²) in [5, 5.41) is 17.9. The number of benzene rings is 1. The Bertz CT molecular complexity index is 661. The topological polar surface area (TPSA) is 98.5 Å². The van der Waals surface area contributed by atoms with Gasteiger partial charge in [0.2, 0.25) is 10.0 Å². The lowest BCUT2D eigenvalue weighted by atomic mass is 10.1. The van der Waals surface area contributed by atoms with Crippen LogP contribution in [0.4, 0.5) is 0 Å². The van der Waals surface area contributed by atoms with Gasteiger partial charge in [-0.05, 0) is 37.1 Å². The first kappa shape index (κ1) is 16.1. The van der Waals surface area contributed by atoms with Gasteiger partial charge in [-0.25, -0.2) is 8.42 Å². The van der Waals surface area contributed by atoms with Crippen molar-refractivity contribution in [1.82, 2.24) is 4.31 Å². The SMILES string of the molecule is CCC(C(=O)O)N(C)S(=O)(=O)c1ccc(C#N)c(C)c1. The quantitative estimate of drug-likeness (QED) is 0.884. The summed E-state index contributed by atoms with van der Waals surface area (Å²) < 4.78 is 25.6. The van der Waals surface area contributed by atoms with Crippen LogP contribution in [0.25, 0.3) is 0 Å². The number of hydrogen-bond donors (Lipinski definition) is 1. The van der Waals surface area contributed by atoms with Crippen molar-refractivity contribution in [3.05, 3.63) is 29.3 Å². The Morgan fingerprint density at radius 3 is 2.50 bits per heavy atom.